The van der Waals surface area contributed by atoms with Crippen LogP contribution in [-0.4, -0.2) is 37.2 Å². The summed E-state index contributed by atoms with van der Waals surface area (Å²) in [6, 6.07) is 0. The van der Waals surface area contributed by atoms with Crippen molar-refractivity contribution in [3.8, 4) is 0 Å². The third-order valence-electron chi connectivity index (χ3n) is 3.10. The monoisotopic (exact) mass is 214 g/mol. The third kappa shape index (κ3) is 3.18. The van der Waals surface area contributed by atoms with Gasteiger partial charge in [0.2, 0.25) is 5.91 Å². The van der Waals surface area contributed by atoms with E-state index >= 15 is 0 Å². The zero-order chi connectivity index (χ0) is 11.5. The maximum atomic E-state index is 11.9. The predicted molar refractivity (Wildman–Crippen MR) is 59.7 cm³/mol. The molecule has 1 fully saturated rings. The number of hydrogen-bond donors (Lipinski definition) is 2. The van der Waals surface area contributed by atoms with Gasteiger partial charge in [-0.15, -0.1) is 0 Å². The zero-order valence-electron chi connectivity index (χ0n) is 10.1. The molecule has 1 atom stereocenters. The summed E-state index contributed by atoms with van der Waals surface area (Å²) in [5.41, 5.74) is -0.686. The van der Waals surface area contributed by atoms with Gasteiger partial charge < -0.3 is 15.4 Å². The number of nitrogens with one attached hydrogen (secondary N) is 2. The van der Waals surface area contributed by atoms with E-state index in [1.54, 1.807) is 7.11 Å². The topological polar surface area (TPSA) is 50.4 Å². The fraction of sp³-hybridized carbons (Fsp3) is 0.909. The number of methoxy groups -OCH3 is 1. The van der Waals surface area contributed by atoms with E-state index < -0.39 is 0 Å². The maximum Gasteiger partial charge on any atom is 0.240 e. The number of amides is 1. The Labute approximate surface area is 91.8 Å². The van der Waals surface area contributed by atoms with Crippen LogP contribution in [0.4, 0.5) is 0 Å². The Hall–Kier alpha value is -0.610. The van der Waals surface area contributed by atoms with Gasteiger partial charge in [0, 0.05) is 13.7 Å². The zero-order valence-corrected chi connectivity index (χ0v) is 10.1. The minimum Gasteiger partial charge on any atom is -0.377 e. The fourth-order valence-corrected chi connectivity index (χ4v) is 1.65. The van der Waals surface area contributed by atoms with Crippen molar-refractivity contribution in [1.29, 1.82) is 0 Å². The minimum absolute atomic E-state index is 0.0742. The normalized spacial score (nSPS) is 26.7. The molecule has 1 aliphatic rings. The summed E-state index contributed by atoms with van der Waals surface area (Å²) in [6.45, 7) is 7.34. The van der Waals surface area contributed by atoms with Gasteiger partial charge in [-0.25, -0.2) is 0 Å². The highest BCUT2D eigenvalue weighted by Gasteiger charge is 2.36. The Balaban J connectivity index is 2.42. The van der Waals surface area contributed by atoms with Crippen LogP contribution in [0.3, 0.4) is 0 Å². The molecule has 88 valence electrons. The van der Waals surface area contributed by atoms with E-state index in [1.165, 1.54) is 0 Å². The van der Waals surface area contributed by atoms with Crippen LogP contribution in [0.1, 0.15) is 33.6 Å². The Kier molecular flexibility index (Phi) is 3.73. The summed E-state index contributed by atoms with van der Waals surface area (Å²) in [7, 11) is 1.65. The van der Waals surface area contributed by atoms with Crippen molar-refractivity contribution in [1.82, 2.24) is 10.6 Å². The van der Waals surface area contributed by atoms with E-state index in [9.17, 15) is 4.79 Å². The smallest absolute Gasteiger partial charge is 0.240 e. The summed E-state index contributed by atoms with van der Waals surface area (Å²) in [4.78, 5) is 11.9. The van der Waals surface area contributed by atoms with Crippen molar-refractivity contribution in [3.05, 3.63) is 0 Å². The minimum atomic E-state index is -0.385. The van der Waals surface area contributed by atoms with Crippen LogP contribution in [0.15, 0.2) is 0 Å². The highest BCUT2D eigenvalue weighted by Crippen LogP contribution is 2.18. The first kappa shape index (κ1) is 12.5. The molecule has 0 aromatic carbocycles. The number of hydrogen-bond acceptors (Lipinski definition) is 3. The molecule has 1 amide bonds. The molecule has 0 radical (unpaired) electrons. The van der Waals surface area contributed by atoms with Crippen LogP contribution in [0.2, 0.25) is 0 Å². The Morgan fingerprint density at radius 3 is 2.73 bits per heavy atom. The molecule has 4 nitrogen and oxygen atoms in total. The summed E-state index contributed by atoms with van der Waals surface area (Å²) >= 11 is 0. The molecular formula is C11H22N2O2. The van der Waals surface area contributed by atoms with Crippen LogP contribution >= 0.6 is 0 Å². The molecule has 0 aliphatic carbocycles. The van der Waals surface area contributed by atoms with Gasteiger partial charge in [0.1, 0.15) is 0 Å². The van der Waals surface area contributed by atoms with Gasteiger partial charge >= 0.3 is 0 Å². The molecule has 1 unspecified atom stereocenters. The van der Waals surface area contributed by atoms with Gasteiger partial charge in [-0.2, -0.15) is 0 Å². The first-order valence-electron chi connectivity index (χ1n) is 5.48. The standard InChI is InChI=1S/C11H22N2O2/c1-10(2,15-4)8-12-9(14)11(3)6-5-7-13-11/h13H,5-8H2,1-4H3,(H,12,14). The van der Waals surface area contributed by atoms with Crippen molar-refractivity contribution < 1.29 is 9.53 Å². The molecule has 2 N–H and O–H groups in total. The molecule has 1 saturated heterocycles. The molecule has 4 heteroatoms. The molecule has 1 rings (SSSR count). The van der Waals surface area contributed by atoms with E-state index in [1.807, 2.05) is 20.8 Å². The van der Waals surface area contributed by atoms with Crippen LogP contribution in [0.25, 0.3) is 0 Å². The largest absolute Gasteiger partial charge is 0.377 e. The van der Waals surface area contributed by atoms with Crippen LogP contribution in [0, 0.1) is 0 Å². The molecule has 1 heterocycles. The maximum absolute atomic E-state index is 11.9. The average Bonchev–Trinajstić information content (AvgIpc) is 2.63. The van der Waals surface area contributed by atoms with E-state index in [4.69, 9.17) is 4.74 Å². The second-order valence-corrected chi connectivity index (χ2v) is 5.01. The van der Waals surface area contributed by atoms with Gasteiger partial charge in [-0.1, -0.05) is 0 Å². The van der Waals surface area contributed by atoms with E-state index in [2.05, 4.69) is 10.6 Å². The molecule has 0 aromatic heterocycles. The van der Waals surface area contributed by atoms with E-state index in [0.717, 1.165) is 19.4 Å². The van der Waals surface area contributed by atoms with Gasteiger partial charge in [0.15, 0.2) is 0 Å². The van der Waals surface area contributed by atoms with Gasteiger partial charge in [-0.05, 0) is 40.2 Å². The molecular weight excluding hydrogens is 192 g/mol. The van der Waals surface area contributed by atoms with Gasteiger partial charge in [0.25, 0.3) is 0 Å². The lowest BCUT2D eigenvalue weighted by molar-refractivity contribution is -0.127. The fourth-order valence-electron chi connectivity index (χ4n) is 1.65. The summed E-state index contributed by atoms with van der Waals surface area (Å²) in [6.07, 6.45) is 1.98. The summed E-state index contributed by atoms with van der Waals surface area (Å²) in [5.74, 6) is 0.0742. The number of rotatable bonds is 4. The lowest BCUT2D eigenvalue weighted by atomic mass is 9.99. The first-order valence-corrected chi connectivity index (χ1v) is 5.48. The van der Waals surface area contributed by atoms with Crippen molar-refractivity contribution in [3.63, 3.8) is 0 Å². The number of carbonyl (C=O) groups excluding carboxylic acids is 1. The van der Waals surface area contributed by atoms with E-state index in [0.29, 0.717) is 6.54 Å². The predicted octanol–water partition coefficient (Wildman–Crippen LogP) is 0.670. The van der Waals surface area contributed by atoms with Crippen molar-refractivity contribution in [2.24, 2.45) is 0 Å². The molecule has 1 aliphatic heterocycles. The number of ether oxygens (including phenoxy) is 1. The lowest BCUT2D eigenvalue weighted by Crippen LogP contribution is -2.53. The molecule has 0 bridgehead atoms. The second kappa shape index (κ2) is 4.49. The molecule has 0 saturated carbocycles. The van der Waals surface area contributed by atoms with Gasteiger partial charge in [0.05, 0.1) is 11.1 Å². The number of carbonyl (C=O) groups is 1. The van der Waals surface area contributed by atoms with Gasteiger partial charge in [-0.3, -0.25) is 4.79 Å². The van der Waals surface area contributed by atoms with E-state index in [-0.39, 0.29) is 17.0 Å². The Bertz CT molecular complexity index is 233. The van der Waals surface area contributed by atoms with Crippen molar-refractivity contribution in [2.75, 3.05) is 20.2 Å². The van der Waals surface area contributed by atoms with Crippen LogP contribution in [0.5, 0.6) is 0 Å². The molecule has 0 aromatic rings. The summed E-state index contributed by atoms with van der Waals surface area (Å²) in [5, 5.41) is 6.16. The first-order chi connectivity index (χ1) is 6.90. The Morgan fingerprint density at radius 1 is 1.60 bits per heavy atom. The SMILES string of the molecule is COC(C)(C)CNC(=O)C1(C)CCCN1. The highest BCUT2D eigenvalue weighted by molar-refractivity contribution is 5.86. The van der Waals surface area contributed by atoms with Crippen LogP contribution in [-0.2, 0) is 9.53 Å². The van der Waals surface area contributed by atoms with Crippen molar-refractivity contribution in [2.45, 2.75) is 44.8 Å². The lowest BCUT2D eigenvalue weighted by Gasteiger charge is -2.28. The van der Waals surface area contributed by atoms with Crippen molar-refractivity contribution >= 4 is 5.91 Å². The highest BCUT2D eigenvalue weighted by atomic mass is 16.5. The average molecular weight is 214 g/mol. The molecule has 15 heavy (non-hydrogen) atoms. The Morgan fingerprint density at radius 2 is 2.27 bits per heavy atom. The second-order valence-electron chi connectivity index (χ2n) is 5.01. The summed E-state index contributed by atoms with van der Waals surface area (Å²) < 4.78 is 5.25. The molecule has 0 spiro atoms. The quantitative estimate of drug-likeness (QED) is 0.723. The third-order valence-corrected chi connectivity index (χ3v) is 3.10. The van der Waals surface area contributed by atoms with Crippen LogP contribution < -0.4 is 10.6 Å².